The Morgan fingerprint density at radius 3 is 2.67 bits per heavy atom. The van der Waals surface area contributed by atoms with Crippen LogP contribution in [0.3, 0.4) is 0 Å². The fraction of sp³-hybridized carbons (Fsp3) is 0.286. The van der Waals surface area contributed by atoms with Crippen LogP contribution in [-0.4, -0.2) is 20.9 Å². The lowest BCUT2D eigenvalue weighted by molar-refractivity contribution is 0.0697. The quantitative estimate of drug-likeness (QED) is 0.902. The second kappa shape index (κ2) is 4.64. The minimum Gasteiger partial charge on any atom is -0.478 e. The minimum atomic E-state index is -0.911. The predicted molar refractivity (Wildman–Crippen MR) is 69.7 cm³/mol. The lowest BCUT2D eigenvalue weighted by Gasteiger charge is -2.03. The van der Waals surface area contributed by atoms with Crippen LogP contribution in [0.15, 0.2) is 30.5 Å². The number of rotatable bonds is 3. The molecule has 0 atom stereocenters. The van der Waals surface area contributed by atoms with Crippen LogP contribution in [0.25, 0.3) is 11.1 Å². The Morgan fingerprint density at radius 1 is 1.39 bits per heavy atom. The van der Waals surface area contributed by atoms with Crippen molar-refractivity contribution in [1.82, 2.24) is 9.78 Å². The average Bonchev–Trinajstić information content (AvgIpc) is 2.72. The largest absolute Gasteiger partial charge is 0.478 e. The number of aromatic carboxylic acids is 1. The van der Waals surface area contributed by atoms with Gasteiger partial charge in [-0.25, -0.2) is 4.79 Å². The molecule has 0 saturated carbocycles. The molecule has 0 amide bonds. The standard InChI is InChI=1S/C14H16N2O2/c1-9(2)16-8-13(10(3)15-16)11-5-4-6-12(7-11)14(17)18/h4-9H,1-3H3,(H,17,18). The Bertz CT molecular complexity index is 585. The third kappa shape index (κ3) is 2.27. The Hall–Kier alpha value is -2.10. The first-order valence-electron chi connectivity index (χ1n) is 5.88. The van der Waals surface area contributed by atoms with Gasteiger partial charge in [-0.3, -0.25) is 4.68 Å². The van der Waals surface area contributed by atoms with E-state index in [1.165, 1.54) is 0 Å². The Balaban J connectivity index is 2.48. The Labute approximate surface area is 106 Å². The third-order valence-corrected chi connectivity index (χ3v) is 2.87. The summed E-state index contributed by atoms with van der Waals surface area (Å²) in [6.07, 6.45) is 1.96. The zero-order chi connectivity index (χ0) is 13.3. The number of benzene rings is 1. The second-order valence-electron chi connectivity index (χ2n) is 4.59. The summed E-state index contributed by atoms with van der Waals surface area (Å²) in [7, 11) is 0. The van der Waals surface area contributed by atoms with E-state index in [-0.39, 0.29) is 0 Å². The highest BCUT2D eigenvalue weighted by atomic mass is 16.4. The highest BCUT2D eigenvalue weighted by molar-refractivity contribution is 5.89. The van der Waals surface area contributed by atoms with Crippen molar-refractivity contribution in [2.45, 2.75) is 26.8 Å². The van der Waals surface area contributed by atoms with Crippen LogP contribution in [0.1, 0.15) is 35.9 Å². The van der Waals surface area contributed by atoms with Crippen LogP contribution in [0.5, 0.6) is 0 Å². The molecule has 4 nitrogen and oxygen atoms in total. The molecular weight excluding hydrogens is 228 g/mol. The number of hydrogen-bond acceptors (Lipinski definition) is 2. The molecule has 0 radical (unpaired) electrons. The molecule has 1 aromatic carbocycles. The molecule has 1 aromatic heterocycles. The summed E-state index contributed by atoms with van der Waals surface area (Å²) in [4.78, 5) is 11.0. The number of hydrogen-bond donors (Lipinski definition) is 1. The molecule has 0 bridgehead atoms. The van der Waals surface area contributed by atoms with Crippen molar-refractivity contribution in [1.29, 1.82) is 0 Å². The summed E-state index contributed by atoms with van der Waals surface area (Å²) < 4.78 is 1.89. The van der Waals surface area contributed by atoms with Crippen molar-refractivity contribution in [3.63, 3.8) is 0 Å². The zero-order valence-electron chi connectivity index (χ0n) is 10.7. The molecule has 0 aliphatic carbocycles. The van der Waals surface area contributed by atoms with Gasteiger partial charge in [0.05, 0.1) is 11.3 Å². The van der Waals surface area contributed by atoms with Crippen molar-refractivity contribution >= 4 is 5.97 Å². The minimum absolute atomic E-state index is 0.292. The van der Waals surface area contributed by atoms with Gasteiger partial charge in [-0.15, -0.1) is 0 Å². The van der Waals surface area contributed by atoms with Crippen molar-refractivity contribution in [3.8, 4) is 11.1 Å². The number of carboxylic acids is 1. The van der Waals surface area contributed by atoms with E-state index in [9.17, 15) is 4.79 Å². The highest BCUT2D eigenvalue weighted by Gasteiger charge is 2.11. The summed E-state index contributed by atoms with van der Waals surface area (Å²) in [6.45, 7) is 6.05. The zero-order valence-corrected chi connectivity index (χ0v) is 10.7. The molecular formula is C14H16N2O2. The fourth-order valence-electron chi connectivity index (χ4n) is 1.85. The van der Waals surface area contributed by atoms with Gasteiger partial charge in [0, 0.05) is 17.8 Å². The maximum Gasteiger partial charge on any atom is 0.335 e. The summed E-state index contributed by atoms with van der Waals surface area (Å²) in [5, 5.41) is 13.4. The molecule has 0 spiro atoms. The predicted octanol–water partition coefficient (Wildman–Crippen LogP) is 3.14. The van der Waals surface area contributed by atoms with E-state index in [1.807, 2.05) is 23.9 Å². The molecule has 1 N–H and O–H groups in total. The number of carboxylic acid groups (broad SMARTS) is 1. The van der Waals surface area contributed by atoms with E-state index in [1.54, 1.807) is 18.2 Å². The van der Waals surface area contributed by atoms with Crippen LogP contribution in [0, 0.1) is 6.92 Å². The van der Waals surface area contributed by atoms with Crippen LogP contribution < -0.4 is 0 Å². The first-order chi connectivity index (χ1) is 8.49. The maximum absolute atomic E-state index is 11.0. The second-order valence-corrected chi connectivity index (χ2v) is 4.59. The van der Waals surface area contributed by atoms with E-state index < -0.39 is 5.97 Å². The molecule has 18 heavy (non-hydrogen) atoms. The van der Waals surface area contributed by atoms with Gasteiger partial charge in [0.1, 0.15) is 0 Å². The molecule has 1 heterocycles. The molecule has 0 aliphatic heterocycles. The highest BCUT2D eigenvalue weighted by Crippen LogP contribution is 2.24. The molecule has 2 aromatic rings. The number of nitrogens with zero attached hydrogens (tertiary/aromatic N) is 2. The van der Waals surface area contributed by atoms with Gasteiger partial charge in [0.25, 0.3) is 0 Å². The lowest BCUT2D eigenvalue weighted by atomic mass is 10.0. The van der Waals surface area contributed by atoms with Gasteiger partial charge >= 0.3 is 5.97 Å². The normalized spacial score (nSPS) is 10.9. The smallest absolute Gasteiger partial charge is 0.335 e. The molecule has 0 fully saturated rings. The van der Waals surface area contributed by atoms with Gasteiger partial charge in [-0.05, 0) is 38.5 Å². The lowest BCUT2D eigenvalue weighted by Crippen LogP contribution is -2.00. The van der Waals surface area contributed by atoms with Gasteiger partial charge in [-0.1, -0.05) is 12.1 Å². The first kappa shape index (κ1) is 12.4. The van der Waals surface area contributed by atoms with Crippen LogP contribution in [0.2, 0.25) is 0 Å². The monoisotopic (exact) mass is 244 g/mol. The Kier molecular flexibility index (Phi) is 3.19. The molecule has 0 aliphatic rings. The summed E-state index contributed by atoms with van der Waals surface area (Å²) in [5.74, 6) is -0.911. The average molecular weight is 244 g/mol. The SMILES string of the molecule is Cc1nn(C(C)C)cc1-c1cccc(C(=O)O)c1. The van der Waals surface area contributed by atoms with Crippen molar-refractivity contribution in [2.75, 3.05) is 0 Å². The van der Waals surface area contributed by atoms with Crippen LogP contribution in [-0.2, 0) is 0 Å². The van der Waals surface area contributed by atoms with Crippen LogP contribution >= 0.6 is 0 Å². The van der Waals surface area contributed by atoms with E-state index >= 15 is 0 Å². The van der Waals surface area contributed by atoms with E-state index in [0.29, 0.717) is 11.6 Å². The third-order valence-electron chi connectivity index (χ3n) is 2.87. The Morgan fingerprint density at radius 2 is 2.11 bits per heavy atom. The van der Waals surface area contributed by atoms with Gasteiger partial charge in [-0.2, -0.15) is 5.10 Å². The van der Waals surface area contributed by atoms with E-state index in [0.717, 1.165) is 16.8 Å². The van der Waals surface area contributed by atoms with Crippen molar-refractivity contribution in [3.05, 3.63) is 41.7 Å². The van der Waals surface area contributed by atoms with Gasteiger partial charge < -0.3 is 5.11 Å². The summed E-state index contributed by atoms with van der Waals surface area (Å²) >= 11 is 0. The van der Waals surface area contributed by atoms with Crippen molar-refractivity contribution < 1.29 is 9.90 Å². The van der Waals surface area contributed by atoms with E-state index in [2.05, 4.69) is 18.9 Å². The molecule has 0 saturated heterocycles. The van der Waals surface area contributed by atoms with E-state index in [4.69, 9.17) is 5.11 Å². The molecule has 2 rings (SSSR count). The topological polar surface area (TPSA) is 55.1 Å². The first-order valence-corrected chi connectivity index (χ1v) is 5.88. The van der Waals surface area contributed by atoms with Gasteiger partial charge in [0.2, 0.25) is 0 Å². The van der Waals surface area contributed by atoms with Gasteiger partial charge in [0.15, 0.2) is 0 Å². The fourth-order valence-corrected chi connectivity index (χ4v) is 1.85. The molecule has 0 unspecified atom stereocenters. The number of aryl methyl sites for hydroxylation is 1. The molecule has 94 valence electrons. The summed E-state index contributed by atoms with van der Waals surface area (Å²) in [5.41, 5.74) is 3.07. The number of carbonyl (C=O) groups is 1. The van der Waals surface area contributed by atoms with Crippen molar-refractivity contribution in [2.24, 2.45) is 0 Å². The number of aromatic nitrogens is 2. The maximum atomic E-state index is 11.0. The van der Waals surface area contributed by atoms with Crippen LogP contribution in [0.4, 0.5) is 0 Å². The molecule has 4 heteroatoms. The summed E-state index contributed by atoms with van der Waals surface area (Å²) in [6, 6.07) is 7.22.